The normalized spacial score (nSPS) is 10.7. The molecule has 3 N–H and O–H groups in total. The van der Waals surface area contributed by atoms with Gasteiger partial charge in [0.1, 0.15) is 0 Å². The van der Waals surface area contributed by atoms with E-state index < -0.39 is 0 Å². The van der Waals surface area contributed by atoms with Gasteiger partial charge in [-0.1, -0.05) is 13.3 Å². The summed E-state index contributed by atoms with van der Waals surface area (Å²) in [5.41, 5.74) is 8.91. The third kappa shape index (κ3) is 2.49. The zero-order valence-electron chi connectivity index (χ0n) is 10.5. The van der Waals surface area contributed by atoms with Crippen molar-refractivity contribution >= 4 is 22.1 Å². The smallest absolute Gasteiger partial charge is 0.0422 e. The van der Waals surface area contributed by atoms with E-state index in [0.29, 0.717) is 0 Å². The second-order valence-corrected chi connectivity index (χ2v) is 4.35. The number of anilines is 2. The number of unbranched alkanes of at least 4 members (excludes halogenated alkanes) is 1. The number of rotatable bonds is 4. The molecule has 3 nitrogen and oxygen atoms in total. The van der Waals surface area contributed by atoms with Gasteiger partial charge in [0.05, 0.1) is 0 Å². The molecule has 0 aliphatic rings. The number of nitrogen functional groups attached to an aromatic ring is 1. The first kappa shape index (κ1) is 11.7. The molecule has 0 radical (unpaired) electrons. The lowest BCUT2D eigenvalue weighted by Crippen LogP contribution is -2.02. The van der Waals surface area contributed by atoms with Crippen molar-refractivity contribution < 1.29 is 0 Å². The molecule has 1 aromatic carbocycles. The Labute approximate surface area is 102 Å². The van der Waals surface area contributed by atoms with Gasteiger partial charge in [0, 0.05) is 40.6 Å². The number of aromatic nitrogens is 1. The Balaban J connectivity index is 2.41. The summed E-state index contributed by atoms with van der Waals surface area (Å²) in [6.07, 6.45) is 4.22. The van der Waals surface area contributed by atoms with Crippen LogP contribution in [-0.4, -0.2) is 11.5 Å². The Bertz CT molecular complexity index is 520. The van der Waals surface area contributed by atoms with Crippen molar-refractivity contribution in [1.82, 2.24) is 4.98 Å². The molecule has 0 unspecified atom stereocenters. The molecule has 0 spiro atoms. The van der Waals surface area contributed by atoms with Gasteiger partial charge >= 0.3 is 0 Å². The molecule has 0 aliphatic carbocycles. The van der Waals surface area contributed by atoms with Gasteiger partial charge in [-0.3, -0.25) is 4.98 Å². The monoisotopic (exact) mass is 229 g/mol. The van der Waals surface area contributed by atoms with Crippen molar-refractivity contribution in [3.8, 4) is 0 Å². The van der Waals surface area contributed by atoms with E-state index in [1.807, 2.05) is 25.3 Å². The third-order valence-corrected chi connectivity index (χ3v) is 2.92. The number of benzene rings is 1. The predicted molar refractivity (Wildman–Crippen MR) is 74.3 cm³/mol. The fourth-order valence-electron chi connectivity index (χ4n) is 1.92. The highest BCUT2D eigenvalue weighted by Crippen LogP contribution is 2.28. The van der Waals surface area contributed by atoms with Crippen molar-refractivity contribution in [2.45, 2.75) is 26.7 Å². The summed E-state index contributed by atoms with van der Waals surface area (Å²) in [6, 6.07) is 6.07. The van der Waals surface area contributed by atoms with Gasteiger partial charge in [-0.15, -0.1) is 0 Å². The quantitative estimate of drug-likeness (QED) is 0.624. The van der Waals surface area contributed by atoms with Crippen LogP contribution in [0.3, 0.4) is 0 Å². The number of hydrogen-bond donors (Lipinski definition) is 2. The van der Waals surface area contributed by atoms with Gasteiger partial charge < -0.3 is 11.1 Å². The van der Waals surface area contributed by atoms with Gasteiger partial charge in [-0.05, 0) is 31.5 Å². The topological polar surface area (TPSA) is 50.9 Å². The van der Waals surface area contributed by atoms with E-state index in [4.69, 9.17) is 5.73 Å². The van der Waals surface area contributed by atoms with Crippen LogP contribution in [0, 0.1) is 6.92 Å². The van der Waals surface area contributed by atoms with E-state index in [2.05, 4.69) is 23.3 Å². The Morgan fingerprint density at radius 3 is 2.88 bits per heavy atom. The molecular formula is C14H19N3. The van der Waals surface area contributed by atoms with E-state index in [9.17, 15) is 0 Å². The Kier molecular flexibility index (Phi) is 3.47. The van der Waals surface area contributed by atoms with E-state index >= 15 is 0 Å². The van der Waals surface area contributed by atoms with Gasteiger partial charge in [0.15, 0.2) is 0 Å². The van der Waals surface area contributed by atoms with Crippen LogP contribution in [0.2, 0.25) is 0 Å². The minimum absolute atomic E-state index is 0.786. The molecule has 2 aromatic rings. The molecule has 0 fully saturated rings. The molecule has 1 aromatic heterocycles. The summed E-state index contributed by atoms with van der Waals surface area (Å²) < 4.78 is 0. The zero-order chi connectivity index (χ0) is 12.3. The molecular weight excluding hydrogens is 210 g/mol. The van der Waals surface area contributed by atoms with Gasteiger partial charge in [-0.2, -0.15) is 0 Å². The highest BCUT2D eigenvalue weighted by molar-refractivity contribution is 6.00. The first-order valence-electron chi connectivity index (χ1n) is 6.11. The molecule has 1 heterocycles. The summed E-state index contributed by atoms with van der Waals surface area (Å²) in [6.45, 7) is 5.19. The van der Waals surface area contributed by atoms with Crippen LogP contribution in [0.5, 0.6) is 0 Å². The molecule has 0 atom stereocenters. The summed E-state index contributed by atoms with van der Waals surface area (Å²) >= 11 is 0. The molecule has 0 bridgehead atoms. The lowest BCUT2D eigenvalue weighted by molar-refractivity contribution is 0.835. The first-order valence-corrected chi connectivity index (χ1v) is 6.11. The number of aryl methyl sites for hydroxylation is 1. The van der Waals surface area contributed by atoms with Crippen molar-refractivity contribution in [3.05, 3.63) is 30.1 Å². The minimum atomic E-state index is 0.786. The van der Waals surface area contributed by atoms with Crippen molar-refractivity contribution in [1.29, 1.82) is 0 Å². The largest absolute Gasteiger partial charge is 0.398 e. The highest BCUT2D eigenvalue weighted by atomic mass is 14.9. The fourth-order valence-corrected chi connectivity index (χ4v) is 1.92. The van der Waals surface area contributed by atoms with Crippen LogP contribution >= 0.6 is 0 Å². The van der Waals surface area contributed by atoms with Crippen molar-refractivity contribution in [2.75, 3.05) is 17.6 Å². The van der Waals surface area contributed by atoms with Gasteiger partial charge in [-0.25, -0.2) is 0 Å². The first-order chi connectivity index (χ1) is 8.22. The number of fused-ring (bicyclic) bond motifs is 1. The van der Waals surface area contributed by atoms with E-state index in [1.54, 1.807) is 0 Å². The zero-order valence-corrected chi connectivity index (χ0v) is 10.5. The molecule has 0 amide bonds. The number of nitrogens with two attached hydrogens (primary N) is 1. The van der Waals surface area contributed by atoms with Crippen LogP contribution in [0.4, 0.5) is 11.4 Å². The Morgan fingerprint density at radius 1 is 1.29 bits per heavy atom. The summed E-state index contributed by atoms with van der Waals surface area (Å²) in [5.74, 6) is 0. The number of nitrogens with one attached hydrogen (secondary N) is 1. The molecule has 0 aliphatic heterocycles. The van der Waals surface area contributed by atoms with Crippen LogP contribution in [0.1, 0.15) is 25.5 Å². The predicted octanol–water partition coefficient (Wildman–Crippen LogP) is 3.34. The van der Waals surface area contributed by atoms with E-state index in [0.717, 1.165) is 34.4 Å². The average Bonchev–Trinajstić information content (AvgIpc) is 2.32. The maximum Gasteiger partial charge on any atom is 0.0422 e. The maximum absolute atomic E-state index is 5.96. The molecule has 3 heteroatoms. The van der Waals surface area contributed by atoms with Crippen LogP contribution in [0.25, 0.3) is 10.8 Å². The summed E-state index contributed by atoms with van der Waals surface area (Å²) in [7, 11) is 0. The Morgan fingerprint density at radius 2 is 2.12 bits per heavy atom. The fraction of sp³-hybridized carbons (Fsp3) is 0.357. The summed E-state index contributed by atoms with van der Waals surface area (Å²) in [5, 5.41) is 5.65. The number of nitrogens with zero attached hydrogens (tertiary/aromatic N) is 1. The molecule has 0 saturated heterocycles. The minimum Gasteiger partial charge on any atom is -0.398 e. The third-order valence-electron chi connectivity index (χ3n) is 2.92. The van der Waals surface area contributed by atoms with Crippen LogP contribution in [-0.2, 0) is 0 Å². The van der Waals surface area contributed by atoms with Crippen LogP contribution < -0.4 is 11.1 Å². The van der Waals surface area contributed by atoms with Gasteiger partial charge in [0.2, 0.25) is 0 Å². The Hall–Kier alpha value is -1.77. The highest BCUT2D eigenvalue weighted by Gasteiger charge is 2.04. The maximum atomic E-state index is 5.96. The molecule has 0 saturated carbocycles. The van der Waals surface area contributed by atoms with Crippen molar-refractivity contribution in [2.24, 2.45) is 0 Å². The second-order valence-electron chi connectivity index (χ2n) is 4.35. The van der Waals surface area contributed by atoms with Gasteiger partial charge in [0.25, 0.3) is 0 Å². The van der Waals surface area contributed by atoms with Crippen molar-refractivity contribution in [3.63, 3.8) is 0 Å². The van der Waals surface area contributed by atoms with Crippen LogP contribution in [0.15, 0.2) is 24.4 Å². The SMILES string of the molecule is CCCCNc1ccc(N)c2cnc(C)cc12. The summed E-state index contributed by atoms with van der Waals surface area (Å²) in [4.78, 5) is 4.30. The number of hydrogen-bond acceptors (Lipinski definition) is 3. The second kappa shape index (κ2) is 5.04. The van der Waals surface area contributed by atoms with E-state index in [-0.39, 0.29) is 0 Å². The van der Waals surface area contributed by atoms with E-state index in [1.165, 1.54) is 12.8 Å². The average molecular weight is 229 g/mol. The molecule has 90 valence electrons. The lowest BCUT2D eigenvalue weighted by atomic mass is 10.1. The molecule has 2 rings (SSSR count). The number of pyridine rings is 1. The molecule has 17 heavy (non-hydrogen) atoms. The lowest BCUT2D eigenvalue weighted by Gasteiger charge is -2.11. The standard InChI is InChI=1S/C14H19N3/c1-3-4-7-16-14-6-5-13(15)12-9-17-10(2)8-11(12)14/h5-6,8-9,16H,3-4,7,15H2,1-2H3.